The van der Waals surface area contributed by atoms with E-state index in [1.807, 2.05) is 0 Å². The van der Waals surface area contributed by atoms with E-state index < -0.39 is 0 Å². The number of rotatable bonds is 16. The molecule has 0 radical (unpaired) electrons. The molecule has 0 atom stereocenters. The van der Waals surface area contributed by atoms with Gasteiger partial charge < -0.3 is 0 Å². The average molecular weight is 433 g/mol. The normalized spacial score (nSPS) is 12.4. The Morgan fingerprint density at radius 1 is 0.469 bits per heavy atom. The quantitative estimate of drug-likeness (QED) is 0.231. The molecule has 0 aromatic heterocycles. The second-order valence-corrected chi connectivity index (χ2v) is 9.52. The van der Waals surface area contributed by atoms with Crippen LogP contribution >= 0.6 is 0 Å². The minimum atomic E-state index is 0.651. The highest BCUT2D eigenvalue weighted by atomic mass is 14.3. The Kier molecular flexibility index (Phi) is 13.1. The molecule has 0 N–H and O–H groups in total. The maximum absolute atomic E-state index is 2.37. The van der Waals surface area contributed by atoms with Crippen molar-refractivity contribution in [3.63, 3.8) is 0 Å². The number of benzene rings is 2. The van der Waals surface area contributed by atoms with Crippen LogP contribution in [0.5, 0.6) is 0 Å². The number of hydrogen-bond acceptors (Lipinski definition) is 0. The van der Waals surface area contributed by atoms with Gasteiger partial charge in [0.25, 0.3) is 0 Å². The van der Waals surface area contributed by atoms with E-state index in [1.165, 1.54) is 88.2 Å². The molecule has 0 saturated carbocycles. The van der Waals surface area contributed by atoms with Crippen LogP contribution in [0.3, 0.4) is 0 Å². The van der Waals surface area contributed by atoms with Gasteiger partial charge in [-0.1, -0.05) is 140 Å². The first-order valence-electron chi connectivity index (χ1n) is 13.6. The van der Waals surface area contributed by atoms with Crippen molar-refractivity contribution in [2.45, 2.75) is 105 Å². The van der Waals surface area contributed by atoms with Gasteiger partial charge >= 0.3 is 0 Å². The zero-order chi connectivity index (χ0) is 23.0. The molecule has 0 amide bonds. The highest BCUT2D eigenvalue weighted by molar-refractivity contribution is 5.92. The molecule has 32 heavy (non-hydrogen) atoms. The van der Waals surface area contributed by atoms with Gasteiger partial charge in [-0.05, 0) is 59.8 Å². The molecule has 0 bridgehead atoms. The second kappa shape index (κ2) is 15.9. The second-order valence-electron chi connectivity index (χ2n) is 9.52. The van der Waals surface area contributed by atoms with Gasteiger partial charge in [-0.25, -0.2) is 0 Å². The maximum Gasteiger partial charge on any atom is -0.0153 e. The predicted molar refractivity (Wildman–Crippen MR) is 145 cm³/mol. The summed E-state index contributed by atoms with van der Waals surface area (Å²) in [6.07, 6.45) is 15.6. The van der Waals surface area contributed by atoms with Gasteiger partial charge in [0.15, 0.2) is 0 Å². The lowest BCUT2D eigenvalue weighted by Crippen LogP contribution is -2.13. The van der Waals surface area contributed by atoms with Gasteiger partial charge in [0.2, 0.25) is 0 Å². The van der Waals surface area contributed by atoms with Crippen molar-refractivity contribution in [3.8, 4) is 0 Å². The summed E-state index contributed by atoms with van der Waals surface area (Å²) < 4.78 is 0. The Bertz CT molecular complexity index is 659. The monoisotopic (exact) mass is 432 g/mol. The lowest BCUT2D eigenvalue weighted by molar-refractivity contribution is 0.492. The fraction of sp³-hybridized carbons (Fsp3) is 0.562. The molecule has 0 unspecified atom stereocenters. The molecule has 0 heteroatoms. The van der Waals surface area contributed by atoms with E-state index in [1.54, 1.807) is 11.1 Å². The molecule has 0 saturated heterocycles. The van der Waals surface area contributed by atoms with Crippen molar-refractivity contribution in [1.29, 1.82) is 0 Å². The first-order chi connectivity index (χ1) is 15.8. The highest BCUT2D eigenvalue weighted by Crippen LogP contribution is 2.43. The van der Waals surface area contributed by atoms with Crippen molar-refractivity contribution in [1.82, 2.24) is 0 Å². The molecule has 0 heterocycles. The van der Waals surface area contributed by atoms with Gasteiger partial charge in [-0.15, -0.1) is 0 Å². The predicted octanol–water partition coefficient (Wildman–Crippen LogP) is 10.6. The van der Waals surface area contributed by atoms with Gasteiger partial charge in [0, 0.05) is 0 Å². The van der Waals surface area contributed by atoms with Gasteiger partial charge in [-0.2, -0.15) is 0 Å². The van der Waals surface area contributed by atoms with E-state index in [2.05, 4.69) is 88.4 Å². The summed E-state index contributed by atoms with van der Waals surface area (Å²) in [5, 5.41) is 0. The lowest BCUT2D eigenvalue weighted by Gasteiger charge is -2.30. The van der Waals surface area contributed by atoms with Crippen LogP contribution in [-0.4, -0.2) is 0 Å². The molecule has 0 aliphatic heterocycles. The zero-order valence-electron chi connectivity index (χ0n) is 21.4. The van der Waals surface area contributed by atoms with Crippen LogP contribution in [0, 0.1) is 11.8 Å². The van der Waals surface area contributed by atoms with Crippen molar-refractivity contribution in [3.05, 3.63) is 71.8 Å². The minimum Gasteiger partial charge on any atom is -0.0654 e. The summed E-state index contributed by atoms with van der Waals surface area (Å²) in [4.78, 5) is 0. The Morgan fingerprint density at radius 3 is 1.00 bits per heavy atom. The Morgan fingerprint density at radius 2 is 0.750 bits per heavy atom. The van der Waals surface area contributed by atoms with Crippen LogP contribution in [0.2, 0.25) is 0 Å². The smallest absolute Gasteiger partial charge is 0.0153 e. The van der Waals surface area contributed by atoms with E-state index in [0.29, 0.717) is 11.8 Å². The largest absolute Gasteiger partial charge is 0.0654 e. The third-order valence-corrected chi connectivity index (χ3v) is 6.90. The van der Waals surface area contributed by atoms with Crippen LogP contribution in [0.25, 0.3) is 11.1 Å². The molecular weight excluding hydrogens is 384 g/mol. The fourth-order valence-electron chi connectivity index (χ4n) is 5.13. The standard InChI is InChI=1S/C32H48/c1-5-9-19-27(20-10-6-2)31(29-23-15-13-16-24-29)32(30-25-17-14-18-26-30)28(21-11-7-3)22-12-8-4/h13-18,23-28H,5-12,19-22H2,1-4H3/b32-31+. The Labute approximate surface area is 199 Å². The topological polar surface area (TPSA) is 0 Å². The van der Waals surface area contributed by atoms with E-state index in [4.69, 9.17) is 0 Å². The van der Waals surface area contributed by atoms with Crippen molar-refractivity contribution in [2.75, 3.05) is 0 Å². The molecule has 0 nitrogen and oxygen atoms in total. The summed E-state index contributed by atoms with van der Waals surface area (Å²) in [7, 11) is 0. The van der Waals surface area contributed by atoms with E-state index in [-0.39, 0.29) is 0 Å². The molecule has 2 aromatic rings. The molecule has 0 aliphatic rings. The van der Waals surface area contributed by atoms with Crippen molar-refractivity contribution in [2.24, 2.45) is 11.8 Å². The van der Waals surface area contributed by atoms with E-state index >= 15 is 0 Å². The van der Waals surface area contributed by atoms with Gasteiger partial charge in [0.1, 0.15) is 0 Å². The highest BCUT2D eigenvalue weighted by Gasteiger charge is 2.25. The summed E-state index contributed by atoms with van der Waals surface area (Å²) in [6.45, 7) is 9.36. The average Bonchev–Trinajstić information content (AvgIpc) is 2.85. The SMILES string of the molecule is CCCCC(CCCC)/C(=C(\c1ccccc1)C(CCCC)CCCC)c1ccccc1. The maximum atomic E-state index is 2.37. The van der Waals surface area contributed by atoms with Crippen LogP contribution in [0.15, 0.2) is 60.7 Å². The molecule has 0 fully saturated rings. The number of unbranched alkanes of at least 4 members (excludes halogenated alkanes) is 4. The zero-order valence-corrected chi connectivity index (χ0v) is 21.4. The minimum absolute atomic E-state index is 0.651. The van der Waals surface area contributed by atoms with E-state index in [0.717, 1.165) is 0 Å². The third kappa shape index (κ3) is 8.27. The summed E-state index contributed by atoms with van der Waals surface area (Å²) in [6, 6.07) is 22.8. The number of hydrogen-bond donors (Lipinski definition) is 0. The van der Waals surface area contributed by atoms with Gasteiger partial charge in [0.05, 0.1) is 0 Å². The van der Waals surface area contributed by atoms with Crippen LogP contribution in [-0.2, 0) is 0 Å². The molecular formula is C32H48. The Hall–Kier alpha value is -1.82. The molecule has 0 spiro atoms. The van der Waals surface area contributed by atoms with E-state index in [9.17, 15) is 0 Å². The number of allylic oxidation sites excluding steroid dienone is 2. The first kappa shape index (κ1) is 26.4. The first-order valence-corrected chi connectivity index (χ1v) is 13.6. The van der Waals surface area contributed by atoms with Crippen molar-refractivity contribution < 1.29 is 0 Å². The molecule has 176 valence electrons. The third-order valence-electron chi connectivity index (χ3n) is 6.90. The van der Waals surface area contributed by atoms with Crippen molar-refractivity contribution >= 4 is 11.1 Å². The fourth-order valence-corrected chi connectivity index (χ4v) is 5.13. The van der Waals surface area contributed by atoms with Crippen LogP contribution in [0.1, 0.15) is 116 Å². The summed E-state index contributed by atoms with van der Waals surface area (Å²) in [5.74, 6) is 1.30. The Balaban J connectivity index is 2.74. The molecule has 2 rings (SSSR count). The van der Waals surface area contributed by atoms with Gasteiger partial charge in [-0.3, -0.25) is 0 Å². The summed E-state index contributed by atoms with van der Waals surface area (Å²) >= 11 is 0. The summed E-state index contributed by atoms with van der Waals surface area (Å²) in [5.41, 5.74) is 6.25. The molecule has 0 aliphatic carbocycles. The lowest BCUT2D eigenvalue weighted by atomic mass is 9.74. The molecule has 2 aromatic carbocycles. The van der Waals surface area contributed by atoms with Crippen LogP contribution in [0.4, 0.5) is 0 Å². The van der Waals surface area contributed by atoms with Crippen LogP contribution < -0.4 is 0 Å².